The second-order valence-electron chi connectivity index (χ2n) is 6.16. The van der Waals surface area contributed by atoms with Gasteiger partial charge in [-0.05, 0) is 45.3 Å². The van der Waals surface area contributed by atoms with E-state index in [1.165, 1.54) is 24.8 Å². The molecule has 1 aromatic rings. The molecule has 1 saturated heterocycles. The SMILES string of the molecule is Cc1ccc(C(N)C(=O)NC(C)CN2CCCCC2)cc1. The first-order chi connectivity index (χ1) is 10.1. The van der Waals surface area contributed by atoms with E-state index in [4.69, 9.17) is 5.73 Å². The van der Waals surface area contributed by atoms with E-state index in [-0.39, 0.29) is 11.9 Å². The number of piperidine rings is 1. The van der Waals surface area contributed by atoms with E-state index in [9.17, 15) is 4.79 Å². The molecule has 0 aliphatic carbocycles. The summed E-state index contributed by atoms with van der Waals surface area (Å²) in [6.45, 7) is 7.27. The van der Waals surface area contributed by atoms with E-state index in [2.05, 4.69) is 10.2 Å². The van der Waals surface area contributed by atoms with Gasteiger partial charge in [-0.3, -0.25) is 4.79 Å². The van der Waals surface area contributed by atoms with Crippen LogP contribution in [0.15, 0.2) is 24.3 Å². The Morgan fingerprint density at radius 1 is 1.24 bits per heavy atom. The van der Waals surface area contributed by atoms with Crippen LogP contribution in [0.1, 0.15) is 43.4 Å². The zero-order valence-corrected chi connectivity index (χ0v) is 13.1. The lowest BCUT2D eigenvalue weighted by Crippen LogP contribution is -2.46. The van der Waals surface area contributed by atoms with Crippen molar-refractivity contribution in [3.05, 3.63) is 35.4 Å². The van der Waals surface area contributed by atoms with Crippen LogP contribution in [0.3, 0.4) is 0 Å². The summed E-state index contributed by atoms with van der Waals surface area (Å²) in [5.41, 5.74) is 8.08. The van der Waals surface area contributed by atoms with E-state index in [1.807, 2.05) is 38.1 Å². The Kier molecular flexibility index (Phi) is 5.76. The summed E-state index contributed by atoms with van der Waals surface area (Å²) in [5, 5.41) is 3.03. The summed E-state index contributed by atoms with van der Waals surface area (Å²) >= 11 is 0. The number of rotatable bonds is 5. The molecule has 1 aliphatic rings. The summed E-state index contributed by atoms with van der Waals surface area (Å²) < 4.78 is 0. The van der Waals surface area contributed by atoms with Gasteiger partial charge >= 0.3 is 0 Å². The number of nitrogens with zero attached hydrogens (tertiary/aromatic N) is 1. The predicted octanol–water partition coefficient (Wildman–Crippen LogP) is 1.99. The van der Waals surface area contributed by atoms with Crippen molar-refractivity contribution in [2.24, 2.45) is 5.73 Å². The highest BCUT2D eigenvalue weighted by molar-refractivity contribution is 5.83. The van der Waals surface area contributed by atoms with Crippen molar-refractivity contribution >= 4 is 5.91 Å². The number of carbonyl (C=O) groups excluding carboxylic acids is 1. The number of likely N-dealkylation sites (tertiary alicyclic amines) is 1. The number of benzene rings is 1. The highest BCUT2D eigenvalue weighted by Crippen LogP contribution is 2.12. The second-order valence-corrected chi connectivity index (χ2v) is 6.16. The molecule has 0 radical (unpaired) electrons. The maximum absolute atomic E-state index is 12.2. The van der Waals surface area contributed by atoms with Gasteiger partial charge in [-0.15, -0.1) is 0 Å². The number of hydrogen-bond donors (Lipinski definition) is 2. The molecule has 1 aliphatic heterocycles. The van der Waals surface area contributed by atoms with E-state index >= 15 is 0 Å². The molecular formula is C17H27N3O. The minimum absolute atomic E-state index is 0.0941. The van der Waals surface area contributed by atoms with E-state index in [1.54, 1.807) is 0 Å². The topological polar surface area (TPSA) is 58.4 Å². The lowest BCUT2D eigenvalue weighted by Gasteiger charge is -2.29. The molecule has 0 bridgehead atoms. The lowest BCUT2D eigenvalue weighted by molar-refractivity contribution is -0.123. The van der Waals surface area contributed by atoms with Crippen molar-refractivity contribution in [3.8, 4) is 0 Å². The minimum Gasteiger partial charge on any atom is -0.351 e. The quantitative estimate of drug-likeness (QED) is 0.871. The predicted molar refractivity (Wildman–Crippen MR) is 86.0 cm³/mol. The Bertz CT molecular complexity index is 452. The van der Waals surface area contributed by atoms with Gasteiger partial charge in [0.15, 0.2) is 0 Å². The van der Waals surface area contributed by atoms with Gasteiger partial charge in [0, 0.05) is 12.6 Å². The lowest BCUT2D eigenvalue weighted by atomic mass is 10.0. The van der Waals surface area contributed by atoms with Crippen LogP contribution in [0.25, 0.3) is 0 Å². The minimum atomic E-state index is -0.589. The fourth-order valence-corrected chi connectivity index (χ4v) is 2.83. The van der Waals surface area contributed by atoms with Gasteiger partial charge in [-0.2, -0.15) is 0 Å². The molecule has 0 aromatic heterocycles. The van der Waals surface area contributed by atoms with E-state index in [0.717, 1.165) is 25.2 Å². The Hall–Kier alpha value is -1.39. The Morgan fingerprint density at radius 3 is 2.48 bits per heavy atom. The number of amides is 1. The molecule has 21 heavy (non-hydrogen) atoms. The van der Waals surface area contributed by atoms with Gasteiger partial charge in [0.2, 0.25) is 5.91 Å². The smallest absolute Gasteiger partial charge is 0.241 e. The molecule has 2 unspecified atom stereocenters. The molecule has 4 nitrogen and oxygen atoms in total. The number of nitrogens with one attached hydrogen (secondary N) is 1. The van der Waals surface area contributed by atoms with Gasteiger partial charge in [0.05, 0.1) is 0 Å². The molecule has 1 aromatic carbocycles. The summed E-state index contributed by atoms with van der Waals surface area (Å²) in [6.07, 6.45) is 3.86. The monoisotopic (exact) mass is 289 g/mol. The van der Waals surface area contributed by atoms with Crippen LogP contribution in [-0.2, 0) is 4.79 Å². The zero-order valence-electron chi connectivity index (χ0n) is 13.1. The average Bonchev–Trinajstić information content (AvgIpc) is 2.48. The van der Waals surface area contributed by atoms with Gasteiger partial charge in [0.25, 0.3) is 0 Å². The highest BCUT2D eigenvalue weighted by Gasteiger charge is 2.19. The van der Waals surface area contributed by atoms with E-state index < -0.39 is 6.04 Å². The van der Waals surface area contributed by atoms with Gasteiger partial charge < -0.3 is 16.0 Å². The molecule has 2 rings (SSSR count). The van der Waals surface area contributed by atoms with Gasteiger partial charge in [-0.1, -0.05) is 36.2 Å². The maximum atomic E-state index is 12.2. The molecule has 4 heteroatoms. The van der Waals surface area contributed by atoms with Crippen molar-refractivity contribution in [1.29, 1.82) is 0 Å². The van der Waals surface area contributed by atoms with Crippen LogP contribution >= 0.6 is 0 Å². The maximum Gasteiger partial charge on any atom is 0.241 e. The third kappa shape index (κ3) is 4.83. The molecule has 0 spiro atoms. The van der Waals surface area contributed by atoms with Gasteiger partial charge in [-0.25, -0.2) is 0 Å². The second kappa shape index (κ2) is 7.57. The van der Waals surface area contributed by atoms with Crippen LogP contribution in [0.5, 0.6) is 0 Å². The fourth-order valence-electron chi connectivity index (χ4n) is 2.83. The zero-order chi connectivity index (χ0) is 15.2. The summed E-state index contributed by atoms with van der Waals surface area (Å²) in [5.74, 6) is -0.0941. The first-order valence-corrected chi connectivity index (χ1v) is 7.91. The molecule has 3 N–H and O–H groups in total. The molecule has 1 fully saturated rings. The van der Waals surface area contributed by atoms with Crippen molar-refractivity contribution in [3.63, 3.8) is 0 Å². The molecule has 1 heterocycles. The van der Waals surface area contributed by atoms with Crippen molar-refractivity contribution in [2.75, 3.05) is 19.6 Å². The summed E-state index contributed by atoms with van der Waals surface area (Å²) in [6, 6.07) is 7.37. The van der Waals surface area contributed by atoms with Crippen LogP contribution in [0.4, 0.5) is 0 Å². The van der Waals surface area contributed by atoms with Crippen molar-refractivity contribution in [2.45, 2.75) is 45.2 Å². The third-order valence-electron chi connectivity index (χ3n) is 4.09. The third-order valence-corrected chi connectivity index (χ3v) is 4.09. The molecular weight excluding hydrogens is 262 g/mol. The standard InChI is InChI=1S/C17H27N3O/c1-13-6-8-15(9-7-13)16(18)17(21)19-14(2)12-20-10-4-3-5-11-20/h6-9,14,16H,3-5,10-12,18H2,1-2H3,(H,19,21). The average molecular weight is 289 g/mol. The molecule has 2 atom stereocenters. The van der Waals surface area contributed by atoms with Crippen LogP contribution < -0.4 is 11.1 Å². The van der Waals surface area contributed by atoms with Crippen LogP contribution in [-0.4, -0.2) is 36.5 Å². The van der Waals surface area contributed by atoms with Crippen molar-refractivity contribution < 1.29 is 4.79 Å². The number of nitrogens with two attached hydrogens (primary N) is 1. The largest absolute Gasteiger partial charge is 0.351 e. The highest BCUT2D eigenvalue weighted by atomic mass is 16.2. The Labute approximate surface area is 127 Å². The molecule has 1 amide bonds. The number of hydrogen-bond acceptors (Lipinski definition) is 3. The first kappa shape index (κ1) is 16.0. The number of carbonyl (C=O) groups is 1. The first-order valence-electron chi connectivity index (χ1n) is 7.91. The fraction of sp³-hybridized carbons (Fsp3) is 0.588. The number of aryl methyl sites for hydroxylation is 1. The normalized spacial score (nSPS) is 19.0. The summed E-state index contributed by atoms with van der Waals surface area (Å²) in [7, 11) is 0. The van der Waals surface area contributed by atoms with Crippen LogP contribution in [0, 0.1) is 6.92 Å². The Morgan fingerprint density at radius 2 is 1.86 bits per heavy atom. The molecule has 116 valence electrons. The Balaban J connectivity index is 1.83. The molecule has 0 saturated carbocycles. The van der Waals surface area contributed by atoms with Crippen molar-refractivity contribution in [1.82, 2.24) is 10.2 Å². The van der Waals surface area contributed by atoms with Crippen LogP contribution in [0.2, 0.25) is 0 Å². The van der Waals surface area contributed by atoms with E-state index in [0.29, 0.717) is 0 Å². The summed E-state index contributed by atoms with van der Waals surface area (Å²) in [4.78, 5) is 14.6. The van der Waals surface area contributed by atoms with Gasteiger partial charge in [0.1, 0.15) is 6.04 Å².